The van der Waals surface area contributed by atoms with Crippen molar-refractivity contribution in [1.82, 2.24) is 0 Å². The van der Waals surface area contributed by atoms with Gasteiger partial charge in [0.05, 0.1) is 27.7 Å². The number of allylic oxidation sites excluding steroid dienone is 4. The summed E-state index contributed by atoms with van der Waals surface area (Å²) in [4.78, 5) is 49.4. The van der Waals surface area contributed by atoms with Crippen LogP contribution < -0.4 is 4.89 Å². The Kier molecular flexibility index (Phi) is 40.9. The number of nitrogens with zero attached hydrogens (tertiary/aromatic N) is 1. The van der Waals surface area contributed by atoms with Crippen LogP contribution in [0.1, 0.15) is 226 Å². The third-order valence-electron chi connectivity index (χ3n) is 11.0. The summed E-state index contributed by atoms with van der Waals surface area (Å²) < 4.78 is 33.9. The number of likely N-dealkylation sites (N-methyl/N-ethyl adjacent to an activating group) is 1. The number of carbonyl (C=O) groups is 3. The average Bonchev–Trinajstić information content (AvgIpc) is 3.21. The van der Waals surface area contributed by atoms with Crippen LogP contribution in [0.5, 0.6) is 0 Å². The minimum absolute atomic E-state index is 0.0430. The second-order valence-corrected chi connectivity index (χ2v) is 19.6. The smallest absolute Gasteiger partial charge is 0.306 e. The van der Waals surface area contributed by atoms with Crippen molar-refractivity contribution in [2.24, 2.45) is 0 Å². The highest BCUT2D eigenvalue weighted by molar-refractivity contribution is 7.45. The van der Waals surface area contributed by atoms with Crippen molar-refractivity contribution in [3.63, 3.8) is 0 Å². The summed E-state index contributed by atoms with van der Waals surface area (Å²) in [5, 5.41) is 0. The van der Waals surface area contributed by atoms with E-state index in [4.69, 9.17) is 18.5 Å². The normalized spacial score (nSPS) is 13.5. The van der Waals surface area contributed by atoms with E-state index >= 15 is 0 Å². The topological polar surface area (TPSA) is 128 Å². The first-order valence-corrected chi connectivity index (χ1v) is 26.5. The van der Waals surface area contributed by atoms with Crippen molar-refractivity contribution < 1.29 is 46.8 Å². The van der Waals surface area contributed by atoms with Gasteiger partial charge in [-0.25, -0.2) is 0 Å². The number of ether oxygens (including phenoxy) is 2. The highest BCUT2D eigenvalue weighted by atomic mass is 31.2. The molecule has 2 atom stereocenters. The second-order valence-electron chi connectivity index (χ2n) is 18.2. The van der Waals surface area contributed by atoms with Crippen LogP contribution in [0.3, 0.4) is 0 Å². The number of esters is 2. The first kappa shape index (κ1) is 59.2. The fraction of sp³-hybridized carbons (Fsp3) is 0.860. The molecular formula is C50H94NO9P. The number of phosphoric acid groups is 1. The Bertz CT molecular complexity index is 1150. The van der Waals surface area contributed by atoms with Crippen molar-refractivity contribution in [2.75, 3.05) is 47.5 Å². The lowest BCUT2D eigenvalue weighted by molar-refractivity contribution is -0.870. The van der Waals surface area contributed by atoms with Gasteiger partial charge < -0.3 is 27.9 Å². The van der Waals surface area contributed by atoms with Gasteiger partial charge in [-0.15, -0.1) is 0 Å². The zero-order chi connectivity index (χ0) is 45.1. The lowest BCUT2D eigenvalue weighted by Crippen LogP contribution is -2.37. The van der Waals surface area contributed by atoms with Crippen molar-refractivity contribution in [1.29, 1.82) is 0 Å². The fourth-order valence-corrected chi connectivity index (χ4v) is 7.72. The van der Waals surface area contributed by atoms with Crippen molar-refractivity contribution in [2.45, 2.75) is 232 Å². The molecule has 1 unspecified atom stereocenters. The Labute approximate surface area is 374 Å². The summed E-state index contributed by atoms with van der Waals surface area (Å²) >= 11 is 0. The molecule has 0 aliphatic carbocycles. The van der Waals surface area contributed by atoms with Gasteiger partial charge in [-0.3, -0.25) is 18.9 Å². The molecule has 61 heavy (non-hydrogen) atoms. The van der Waals surface area contributed by atoms with Gasteiger partial charge in [0, 0.05) is 19.3 Å². The Morgan fingerprint density at radius 3 is 1.46 bits per heavy atom. The third-order valence-corrected chi connectivity index (χ3v) is 11.9. The highest BCUT2D eigenvalue weighted by Gasteiger charge is 2.21. The molecule has 11 heteroatoms. The molecule has 358 valence electrons. The lowest BCUT2D eigenvalue weighted by Gasteiger charge is -2.28. The van der Waals surface area contributed by atoms with Gasteiger partial charge >= 0.3 is 11.9 Å². The Morgan fingerprint density at radius 1 is 0.541 bits per heavy atom. The summed E-state index contributed by atoms with van der Waals surface area (Å²) in [6.45, 7) is 4.05. The Hall–Kier alpha value is -1.84. The van der Waals surface area contributed by atoms with Crippen LogP contribution in [0.15, 0.2) is 24.3 Å². The van der Waals surface area contributed by atoms with Crippen molar-refractivity contribution in [3.05, 3.63) is 24.3 Å². The molecule has 0 saturated heterocycles. The average molecular weight is 884 g/mol. The Balaban J connectivity index is 4.28. The van der Waals surface area contributed by atoms with Crippen molar-refractivity contribution >= 4 is 25.5 Å². The van der Waals surface area contributed by atoms with Crippen LogP contribution in [-0.4, -0.2) is 75.8 Å². The highest BCUT2D eigenvalue weighted by Crippen LogP contribution is 2.38. The molecule has 0 N–H and O–H groups in total. The molecule has 0 aromatic heterocycles. The molecule has 0 aliphatic rings. The van der Waals surface area contributed by atoms with Crippen LogP contribution in [-0.2, 0) is 37.5 Å². The third kappa shape index (κ3) is 46.0. The molecule has 0 rings (SSSR count). The number of hydrogen-bond donors (Lipinski definition) is 0. The minimum Gasteiger partial charge on any atom is -0.756 e. The molecular weight excluding hydrogens is 790 g/mol. The molecule has 0 amide bonds. The standard InChI is InChI=1S/C50H94NO9P/c1-6-8-10-11-12-13-14-15-16-17-18-19-20-21-22-23-24-27-31-34-38-42-50(54)60-48(46-59-61(55,56)58-44-43-51(3,4)5)45-57-49(53)41-37-33-30-28-25-26-29-32-36-40-47(52)39-35-9-7-2/h29,32,36,40,48H,6-28,30-31,33-35,37-39,41-46H2,1-5H3/b32-29-,40-36+/t48-/m1/s1. The molecule has 0 spiro atoms. The van der Waals surface area contributed by atoms with E-state index in [-0.39, 0.29) is 31.8 Å². The van der Waals surface area contributed by atoms with E-state index < -0.39 is 32.5 Å². The van der Waals surface area contributed by atoms with Crippen LogP contribution in [0.4, 0.5) is 0 Å². The van der Waals surface area contributed by atoms with E-state index in [0.717, 1.165) is 70.6 Å². The van der Waals surface area contributed by atoms with Gasteiger partial charge in [0.15, 0.2) is 11.9 Å². The number of hydrogen-bond acceptors (Lipinski definition) is 9. The van der Waals surface area contributed by atoms with Crippen molar-refractivity contribution in [3.8, 4) is 0 Å². The predicted octanol–water partition coefficient (Wildman–Crippen LogP) is 13.2. The quantitative estimate of drug-likeness (QED) is 0.0146. The number of carbonyl (C=O) groups excluding carboxylic acids is 3. The molecule has 0 aromatic carbocycles. The lowest BCUT2D eigenvalue weighted by atomic mass is 10.0. The maximum atomic E-state index is 12.7. The number of phosphoric ester groups is 1. The predicted molar refractivity (Wildman–Crippen MR) is 250 cm³/mol. The molecule has 0 aliphatic heterocycles. The van der Waals surface area contributed by atoms with E-state index in [2.05, 4.69) is 19.9 Å². The summed E-state index contributed by atoms with van der Waals surface area (Å²) in [6.07, 6.45) is 43.3. The molecule has 0 heterocycles. The summed E-state index contributed by atoms with van der Waals surface area (Å²) in [5.41, 5.74) is 0. The van der Waals surface area contributed by atoms with Gasteiger partial charge in [-0.05, 0) is 38.2 Å². The number of unbranched alkanes of at least 4 members (excludes halogenated alkanes) is 27. The van der Waals surface area contributed by atoms with Crippen LogP contribution in [0.25, 0.3) is 0 Å². The molecule has 0 aromatic rings. The maximum absolute atomic E-state index is 12.7. The van der Waals surface area contributed by atoms with E-state index in [0.29, 0.717) is 30.3 Å². The molecule has 0 radical (unpaired) electrons. The zero-order valence-electron chi connectivity index (χ0n) is 40.1. The first-order valence-electron chi connectivity index (χ1n) is 25.0. The molecule has 0 bridgehead atoms. The summed E-state index contributed by atoms with van der Waals surface area (Å²) in [5.74, 6) is -0.706. The fourth-order valence-electron chi connectivity index (χ4n) is 6.99. The SMILES string of the molecule is CCCCCCCCCCCCCCCCCCCCCCCC(=O)O[C@H](COC(=O)CCCCCCC/C=C\C=C\C(=O)CCCCC)COP(=O)([O-])OCC[N+](C)(C)C. The van der Waals surface area contributed by atoms with E-state index in [1.54, 1.807) is 6.08 Å². The molecule has 0 fully saturated rings. The summed E-state index contributed by atoms with van der Waals surface area (Å²) in [7, 11) is 1.12. The van der Waals surface area contributed by atoms with Crippen LogP contribution in [0.2, 0.25) is 0 Å². The Morgan fingerprint density at radius 2 is 0.967 bits per heavy atom. The summed E-state index contributed by atoms with van der Waals surface area (Å²) in [6, 6.07) is 0. The van der Waals surface area contributed by atoms with E-state index in [9.17, 15) is 23.8 Å². The van der Waals surface area contributed by atoms with Gasteiger partial charge in [0.25, 0.3) is 7.82 Å². The number of quaternary nitrogens is 1. The monoisotopic (exact) mass is 884 g/mol. The first-order chi connectivity index (χ1) is 29.4. The van der Waals surface area contributed by atoms with Gasteiger partial charge in [-0.1, -0.05) is 193 Å². The van der Waals surface area contributed by atoms with E-state index in [1.807, 2.05) is 33.3 Å². The van der Waals surface area contributed by atoms with Crippen LogP contribution >= 0.6 is 7.82 Å². The molecule has 10 nitrogen and oxygen atoms in total. The molecule has 0 saturated carbocycles. The van der Waals surface area contributed by atoms with Gasteiger partial charge in [0.2, 0.25) is 0 Å². The largest absolute Gasteiger partial charge is 0.756 e. The zero-order valence-corrected chi connectivity index (χ0v) is 41.0. The maximum Gasteiger partial charge on any atom is 0.306 e. The van der Waals surface area contributed by atoms with Gasteiger partial charge in [-0.2, -0.15) is 0 Å². The number of rotatable bonds is 46. The second kappa shape index (κ2) is 42.1. The number of ketones is 1. The van der Waals surface area contributed by atoms with Crippen LogP contribution in [0, 0.1) is 0 Å². The van der Waals surface area contributed by atoms with Gasteiger partial charge in [0.1, 0.15) is 19.8 Å². The van der Waals surface area contributed by atoms with E-state index in [1.165, 1.54) is 109 Å². The minimum atomic E-state index is -4.64.